The van der Waals surface area contributed by atoms with Gasteiger partial charge in [0.05, 0.1) is 17.5 Å². The van der Waals surface area contributed by atoms with Crippen LogP contribution in [-0.4, -0.2) is 28.9 Å². The maximum Gasteiger partial charge on any atom is 0.417 e. The van der Waals surface area contributed by atoms with Gasteiger partial charge in [0.25, 0.3) is 5.91 Å². The second-order valence-corrected chi connectivity index (χ2v) is 4.07. The number of carbonyl (C=O) groups excluding carboxylic acids is 2. The summed E-state index contributed by atoms with van der Waals surface area (Å²) in [5.41, 5.74) is 2.98. The van der Waals surface area contributed by atoms with Crippen molar-refractivity contribution in [3.05, 3.63) is 35.4 Å². The minimum absolute atomic E-state index is 0.700. The van der Waals surface area contributed by atoms with Crippen LogP contribution in [0.5, 0.6) is 0 Å². The highest BCUT2D eigenvalue weighted by Gasteiger charge is 2.35. The molecule has 0 aliphatic rings. The van der Waals surface area contributed by atoms with Gasteiger partial charge in [-0.15, -0.1) is 0 Å². The molecule has 4 N–H and O–H groups in total. The first kappa shape index (κ1) is 16.5. The monoisotopic (exact) mass is 304 g/mol. The lowest BCUT2D eigenvalue weighted by atomic mass is 10.1. The zero-order chi connectivity index (χ0) is 16.2. The van der Waals surface area contributed by atoms with E-state index in [1.807, 2.05) is 5.32 Å². The van der Waals surface area contributed by atoms with Gasteiger partial charge in [-0.3, -0.25) is 14.4 Å². The van der Waals surface area contributed by atoms with Gasteiger partial charge in [-0.25, -0.2) is 0 Å². The van der Waals surface area contributed by atoms with E-state index in [1.165, 1.54) is 6.07 Å². The average Bonchev–Trinajstić information content (AvgIpc) is 2.36. The van der Waals surface area contributed by atoms with E-state index in [0.29, 0.717) is 6.07 Å². The molecule has 0 bridgehead atoms. The van der Waals surface area contributed by atoms with Crippen LogP contribution in [0.3, 0.4) is 0 Å². The number of benzene rings is 1. The molecule has 1 aromatic carbocycles. The van der Waals surface area contributed by atoms with Gasteiger partial charge in [0.15, 0.2) is 0 Å². The predicted octanol–water partition coefficient (Wildman–Crippen LogP) is 0.764. The molecule has 1 aromatic rings. The normalized spacial score (nSPS) is 12.5. The molecule has 21 heavy (non-hydrogen) atoms. The minimum Gasteiger partial charge on any atom is -0.481 e. The Hall–Kier alpha value is -2.58. The fraction of sp³-hybridized carbons (Fsp3) is 0.250. The molecular formula is C12H11F3N2O4. The number of alkyl halides is 3. The largest absolute Gasteiger partial charge is 0.481 e. The molecule has 1 rings (SSSR count). The lowest BCUT2D eigenvalue weighted by Crippen LogP contribution is -2.46. The fourth-order valence-electron chi connectivity index (χ4n) is 1.56. The van der Waals surface area contributed by atoms with E-state index < -0.39 is 47.5 Å². The Kier molecular flexibility index (Phi) is 4.90. The van der Waals surface area contributed by atoms with Crippen LogP contribution >= 0.6 is 0 Å². The van der Waals surface area contributed by atoms with E-state index in [2.05, 4.69) is 0 Å². The maximum absolute atomic E-state index is 12.7. The zero-order valence-corrected chi connectivity index (χ0v) is 10.5. The summed E-state index contributed by atoms with van der Waals surface area (Å²) in [6.07, 6.45) is -5.59. The summed E-state index contributed by atoms with van der Waals surface area (Å²) in [5.74, 6) is -3.81. The van der Waals surface area contributed by atoms with Crippen LogP contribution in [0.1, 0.15) is 22.3 Å². The number of aliphatic carboxylic acids is 1. The van der Waals surface area contributed by atoms with Gasteiger partial charge in [-0.1, -0.05) is 12.1 Å². The van der Waals surface area contributed by atoms with Gasteiger partial charge in [-0.05, 0) is 12.1 Å². The summed E-state index contributed by atoms with van der Waals surface area (Å²) < 4.78 is 38.2. The number of carboxylic acids is 1. The van der Waals surface area contributed by atoms with E-state index in [-0.39, 0.29) is 0 Å². The van der Waals surface area contributed by atoms with E-state index in [0.717, 1.165) is 12.1 Å². The molecule has 0 saturated carbocycles. The summed E-state index contributed by atoms with van der Waals surface area (Å²) in [4.78, 5) is 33.3. The number of primary amides is 1. The molecule has 0 spiro atoms. The number of hydrogen-bond donors (Lipinski definition) is 3. The van der Waals surface area contributed by atoms with Crippen LogP contribution in [0, 0.1) is 0 Å². The van der Waals surface area contributed by atoms with E-state index in [4.69, 9.17) is 10.8 Å². The highest BCUT2D eigenvalue weighted by molar-refractivity contribution is 5.99. The number of halogens is 3. The molecule has 6 nitrogen and oxygen atoms in total. The van der Waals surface area contributed by atoms with E-state index in [1.54, 1.807) is 0 Å². The Labute approximate surface area is 116 Å². The molecule has 0 radical (unpaired) electrons. The van der Waals surface area contributed by atoms with Gasteiger partial charge in [0.1, 0.15) is 6.04 Å². The number of amides is 2. The standard InChI is InChI=1S/C12H11F3N2O4/c13-12(14,15)7-4-2-1-3-6(7)11(21)17-8(10(16)20)5-9(18)19/h1-4,8H,5H2,(H2,16,20)(H,17,21)(H,18,19)/t8-/m1/s1. The second kappa shape index (κ2) is 6.25. The SMILES string of the molecule is NC(=O)[C@@H](CC(=O)O)NC(=O)c1ccccc1C(F)(F)F. The van der Waals surface area contributed by atoms with Crippen molar-refractivity contribution in [3.8, 4) is 0 Å². The molecule has 2 amide bonds. The van der Waals surface area contributed by atoms with Gasteiger partial charge in [0, 0.05) is 0 Å². The van der Waals surface area contributed by atoms with Crippen LogP contribution in [0.15, 0.2) is 24.3 Å². The zero-order valence-electron chi connectivity index (χ0n) is 10.5. The molecule has 0 heterocycles. The third kappa shape index (κ3) is 4.48. The smallest absolute Gasteiger partial charge is 0.417 e. The molecule has 0 saturated heterocycles. The van der Waals surface area contributed by atoms with Crippen molar-refractivity contribution in [2.24, 2.45) is 5.73 Å². The predicted molar refractivity (Wildman–Crippen MR) is 64.1 cm³/mol. The summed E-state index contributed by atoms with van der Waals surface area (Å²) in [5, 5.41) is 10.4. The highest BCUT2D eigenvalue weighted by atomic mass is 19.4. The number of rotatable bonds is 5. The Morgan fingerprint density at radius 2 is 1.81 bits per heavy atom. The first-order valence-corrected chi connectivity index (χ1v) is 5.61. The quantitative estimate of drug-likeness (QED) is 0.746. The molecule has 114 valence electrons. The average molecular weight is 304 g/mol. The summed E-state index contributed by atoms with van der Waals surface area (Å²) in [7, 11) is 0. The van der Waals surface area contributed by atoms with E-state index in [9.17, 15) is 27.6 Å². The van der Waals surface area contributed by atoms with Gasteiger partial charge >= 0.3 is 12.1 Å². The van der Waals surface area contributed by atoms with Crippen LogP contribution in [-0.2, 0) is 15.8 Å². The van der Waals surface area contributed by atoms with Crippen molar-refractivity contribution in [1.29, 1.82) is 0 Å². The highest BCUT2D eigenvalue weighted by Crippen LogP contribution is 2.31. The lowest BCUT2D eigenvalue weighted by Gasteiger charge is -2.16. The second-order valence-electron chi connectivity index (χ2n) is 4.07. The molecule has 0 unspecified atom stereocenters. The Balaban J connectivity index is 3.04. The summed E-state index contributed by atoms with van der Waals surface area (Å²) >= 11 is 0. The van der Waals surface area contributed by atoms with Gasteiger partial charge in [0.2, 0.25) is 5.91 Å². The first-order valence-electron chi connectivity index (χ1n) is 5.61. The third-order valence-electron chi connectivity index (χ3n) is 2.50. The summed E-state index contributed by atoms with van der Waals surface area (Å²) in [6, 6.07) is 2.32. The van der Waals surface area contributed by atoms with E-state index >= 15 is 0 Å². The molecule has 1 atom stereocenters. The molecule has 9 heteroatoms. The maximum atomic E-state index is 12.7. The van der Waals surface area contributed by atoms with Crippen LogP contribution in [0.25, 0.3) is 0 Å². The molecule has 0 aromatic heterocycles. The first-order chi connectivity index (χ1) is 9.62. The van der Waals surface area contributed by atoms with Crippen LogP contribution in [0.4, 0.5) is 13.2 Å². The number of hydrogen-bond acceptors (Lipinski definition) is 3. The van der Waals surface area contributed by atoms with Crippen molar-refractivity contribution < 1.29 is 32.7 Å². The molecule has 0 aliphatic carbocycles. The summed E-state index contributed by atoms with van der Waals surface area (Å²) in [6.45, 7) is 0. The van der Waals surface area contributed by atoms with Crippen molar-refractivity contribution in [2.75, 3.05) is 0 Å². The number of nitrogens with one attached hydrogen (secondary N) is 1. The Bertz CT molecular complexity index is 572. The number of carboxylic acid groups (broad SMARTS) is 1. The topological polar surface area (TPSA) is 109 Å². The van der Waals surface area contributed by atoms with Crippen LogP contribution in [0.2, 0.25) is 0 Å². The Morgan fingerprint density at radius 3 is 2.29 bits per heavy atom. The molecule has 0 fully saturated rings. The van der Waals surface area contributed by atoms with Crippen molar-refractivity contribution in [2.45, 2.75) is 18.6 Å². The Morgan fingerprint density at radius 1 is 1.24 bits per heavy atom. The lowest BCUT2D eigenvalue weighted by molar-refractivity contribution is -0.139. The number of nitrogens with two attached hydrogens (primary N) is 1. The van der Waals surface area contributed by atoms with Crippen molar-refractivity contribution in [3.63, 3.8) is 0 Å². The third-order valence-corrected chi connectivity index (χ3v) is 2.50. The molecular weight excluding hydrogens is 293 g/mol. The van der Waals surface area contributed by atoms with Gasteiger partial charge < -0.3 is 16.2 Å². The molecule has 0 aliphatic heterocycles. The minimum atomic E-state index is -4.76. The fourth-order valence-corrected chi connectivity index (χ4v) is 1.56. The van der Waals surface area contributed by atoms with Gasteiger partial charge in [-0.2, -0.15) is 13.2 Å². The van der Waals surface area contributed by atoms with Crippen molar-refractivity contribution in [1.82, 2.24) is 5.32 Å². The number of carbonyl (C=O) groups is 3. The van der Waals surface area contributed by atoms with Crippen molar-refractivity contribution >= 4 is 17.8 Å². The van der Waals surface area contributed by atoms with Crippen LogP contribution < -0.4 is 11.1 Å².